The number of ether oxygens (including phenoxy) is 4. The number of rotatable bonds is 74. The molecule has 552 valence electrons. The number of hydrogen-bond donors (Lipinski definition) is 3. The summed E-state index contributed by atoms with van der Waals surface area (Å²) in [6.45, 7) is 7.27. The first-order chi connectivity index (χ1) is 45.1. The lowest BCUT2D eigenvalue weighted by Gasteiger charge is -2.21. The van der Waals surface area contributed by atoms with Crippen LogP contribution in [0.2, 0.25) is 0 Å². The Labute approximate surface area is 568 Å². The first-order valence-corrected chi connectivity index (χ1v) is 41.7. The second-order valence-corrected chi connectivity index (χ2v) is 29.8. The van der Waals surface area contributed by atoms with Crippen LogP contribution in [0, 0.1) is 5.92 Å². The maximum atomic E-state index is 13.1. The Morgan fingerprint density at radius 2 is 0.516 bits per heavy atom. The maximum Gasteiger partial charge on any atom is 0.472 e. The molecular formula is C74H144O17P2. The van der Waals surface area contributed by atoms with Gasteiger partial charge in [0.15, 0.2) is 12.2 Å². The second kappa shape index (κ2) is 67.3. The topological polar surface area (TPSA) is 237 Å². The van der Waals surface area contributed by atoms with Gasteiger partial charge in [-0.2, -0.15) is 0 Å². The molecule has 0 rings (SSSR count). The molecule has 0 radical (unpaired) electrons. The van der Waals surface area contributed by atoms with Crippen LogP contribution in [-0.4, -0.2) is 96.7 Å². The van der Waals surface area contributed by atoms with Gasteiger partial charge in [-0.3, -0.25) is 37.3 Å². The molecular weight excluding hydrogens is 1220 g/mol. The molecule has 0 bridgehead atoms. The van der Waals surface area contributed by atoms with Crippen molar-refractivity contribution in [1.29, 1.82) is 0 Å². The Balaban J connectivity index is 5.20. The van der Waals surface area contributed by atoms with Crippen molar-refractivity contribution >= 4 is 39.5 Å². The largest absolute Gasteiger partial charge is 0.472 e. The number of hydrogen-bond acceptors (Lipinski definition) is 15. The van der Waals surface area contributed by atoms with Gasteiger partial charge < -0.3 is 33.8 Å². The normalized spacial score (nSPS) is 14.3. The van der Waals surface area contributed by atoms with E-state index in [4.69, 9.17) is 37.0 Å². The molecule has 0 amide bonds. The third kappa shape index (κ3) is 67.0. The molecule has 0 saturated carbocycles. The molecule has 0 aromatic rings. The molecule has 0 aromatic heterocycles. The van der Waals surface area contributed by atoms with Crippen LogP contribution in [0.25, 0.3) is 0 Å². The number of carbonyl (C=O) groups excluding carboxylic acids is 4. The standard InChI is InChI=1S/C74H144O17P2/c1-6-10-13-16-19-21-23-25-27-28-30-32-34-39-44-49-54-59-73(78)91-70(64-85-72(77)58-53-48-43-38-33-31-29-26-24-22-20-17-14-11-7-2)66-89-93(82,83)87-62-68(75)61-86-92(80,81)88-65-69(63-84-71(76)57-52-47-41-18-15-12-8-3)90-74(79)60-55-50-45-40-36-35-37-42-46-51-56-67(5)9-4/h67-70,75H,6-66H2,1-5H3,(H,80,81)(H,82,83)/t67?,68-,69+,70+/m0/s1. The number of aliphatic hydroxyl groups excluding tert-OH is 1. The van der Waals surface area contributed by atoms with Crippen molar-refractivity contribution in [2.45, 2.75) is 406 Å². The van der Waals surface area contributed by atoms with Crippen LogP contribution in [0.1, 0.15) is 388 Å². The molecule has 19 heteroatoms. The average molecular weight is 1370 g/mol. The Hall–Kier alpha value is -1.94. The van der Waals surface area contributed by atoms with Gasteiger partial charge in [0, 0.05) is 25.7 Å². The van der Waals surface area contributed by atoms with Gasteiger partial charge in [0.25, 0.3) is 0 Å². The predicted molar refractivity (Wildman–Crippen MR) is 377 cm³/mol. The van der Waals surface area contributed by atoms with Crippen molar-refractivity contribution in [2.75, 3.05) is 39.6 Å². The van der Waals surface area contributed by atoms with Crippen molar-refractivity contribution in [3.8, 4) is 0 Å². The number of phosphoric ester groups is 2. The predicted octanol–water partition coefficient (Wildman–Crippen LogP) is 21.7. The van der Waals surface area contributed by atoms with E-state index in [0.717, 1.165) is 109 Å². The molecule has 0 aliphatic rings. The zero-order chi connectivity index (χ0) is 68.4. The van der Waals surface area contributed by atoms with E-state index in [2.05, 4.69) is 34.6 Å². The summed E-state index contributed by atoms with van der Waals surface area (Å²) in [5.41, 5.74) is 0. The van der Waals surface area contributed by atoms with Gasteiger partial charge in [-0.05, 0) is 31.6 Å². The van der Waals surface area contributed by atoms with Gasteiger partial charge >= 0.3 is 39.5 Å². The fourth-order valence-electron chi connectivity index (χ4n) is 11.3. The number of unbranched alkanes of at least 4 members (excludes halogenated alkanes) is 45. The molecule has 0 aliphatic heterocycles. The molecule has 0 saturated heterocycles. The monoisotopic (exact) mass is 1370 g/mol. The van der Waals surface area contributed by atoms with Gasteiger partial charge in [-0.15, -0.1) is 0 Å². The molecule has 0 heterocycles. The molecule has 0 spiro atoms. The molecule has 0 fully saturated rings. The third-order valence-electron chi connectivity index (χ3n) is 17.6. The quantitative estimate of drug-likeness (QED) is 0.0222. The minimum atomic E-state index is -4.95. The lowest BCUT2D eigenvalue weighted by atomic mass is 9.99. The number of carbonyl (C=O) groups is 4. The molecule has 6 atom stereocenters. The molecule has 0 aromatic carbocycles. The minimum Gasteiger partial charge on any atom is -0.462 e. The van der Waals surface area contributed by atoms with Crippen molar-refractivity contribution in [2.24, 2.45) is 5.92 Å². The Morgan fingerprint density at radius 1 is 0.301 bits per heavy atom. The van der Waals surface area contributed by atoms with Crippen LogP contribution >= 0.6 is 15.6 Å². The zero-order valence-electron chi connectivity index (χ0n) is 60.4. The van der Waals surface area contributed by atoms with Gasteiger partial charge in [0.05, 0.1) is 26.4 Å². The molecule has 3 unspecified atom stereocenters. The Bertz CT molecular complexity index is 1790. The summed E-state index contributed by atoms with van der Waals surface area (Å²) in [5.74, 6) is -1.32. The SMILES string of the molecule is CCCCCCCCCCCCCCCCCCCC(=O)O[C@H](COC(=O)CCCCCCCCCCCCCCCCC)COP(=O)(O)OC[C@@H](O)COP(=O)(O)OC[C@@H](COC(=O)CCCCCCCCC)OC(=O)CCCCCCCCCCCCC(C)CC. The molecule has 93 heavy (non-hydrogen) atoms. The summed E-state index contributed by atoms with van der Waals surface area (Å²) in [7, 11) is -9.90. The summed E-state index contributed by atoms with van der Waals surface area (Å²) in [6, 6.07) is 0. The summed E-state index contributed by atoms with van der Waals surface area (Å²) in [4.78, 5) is 72.6. The lowest BCUT2D eigenvalue weighted by molar-refractivity contribution is -0.161. The number of phosphoric acid groups is 2. The average Bonchev–Trinajstić information content (AvgIpc) is 3.30. The summed E-state index contributed by atoms with van der Waals surface area (Å²) in [5, 5.41) is 10.6. The zero-order valence-corrected chi connectivity index (χ0v) is 62.2. The maximum absolute atomic E-state index is 13.1. The Kier molecular flexibility index (Phi) is 65.9. The fraction of sp³-hybridized carbons (Fsp3) is 0.946. The van der Waals surface area contributed by atoms with Crippen molar-refractivity contribution < 1.29 is 80.2 Å². The van der Waals surface area contributed by atoms with Crippen molar-refractivity contribution in [1.82, 2.24) is 0 Å². The fourth-order valence-corrected chi connectivity index (χ4v) is 12.9. The van der Waals surface area contributed by atoms with E-state index in [1.54, 1.807) is 0 Å². The molecule has 0 aliphatic carbocycles. The number of esters is 4. The van der Waals surface area contributed by atoms with E-state index in [0.29, 0.717) is 25.7 Å². The van der Waals surface area contributed by atoms with Gasteiger partial charge in [0.2, 0.25) is 0 Å². The van der Waals surface area contributed by atoms with E-state index in [1.165, 1.54) is 199 Å². The highest BCUT2D eigenvalue weighted by molar-refractivity contribution is 7.47. The van der Waals surface area contributed by atoms with Crippen LogP contribution in [0.15, 0.2) is 0 Å². The highest BCUT2D eigenvalue weighted by Crippen LogP contribution is 2.45. The molecule has 3 N–H and O–H groups in total. The van der Waals surface area contributed by atoms with E-state index < -0.39 is 97.5 Å². The third-order valence-corrected chi connectivity index (χ3v) is 19.5. The first-order valence-electron chi connectivity index (χ1n) is 38.7. The van der Waals surface area contributed by atoms with Gasteiger partial charge in [0.1, 0.15) is 19.3 Å². The highest BCUT2D eigenvalue weighted by Gasteiger charge is 2.30. The van der Waals surface area contributed by atoms with Crippen molar-refractivity contribution in [3.05, 3.63) is 0 Å². The van der Waals surface area contributed by atoms with Gasteiger partial charge in [-0.25, -0.2) is 9.13 Å². The lowest BCUT2D eigenvalue weighted by Crippen LogP contribution is -2.30. The smallest absolute Gasteiger partial charge is 0.462 e. The second-order valence-electron chi connectivity index (χ2n) is 26.9. The van der Waals surface area contributed by atoms with Gasteiger partial charge in [-0.1, -0.05) is 336 Å². The summed E-state index contributed by atoms with van der Waals surface area (Å²) >= 11 is 0. The van der Waals surface area contributed by atoms with Crippen LogP contribution < -0.4 is 0 Å². The van der Waals surface area contributed by atoms with E-state index >= 15 is 0 Å². The highest BCUT2D eigenvalue weighted by atomic mass is 31.2. The van der Waals surface area contributed by atoms with Crippen molar-refractivity contribution in [3.63, 3.8) is 0 Å². The molecule has 17 nitrogen and oxygen atoms in total. The van der Waals surface area contributed by atoms with Crippen LogP contribution in [0.4, 0.5) is 0 Å². The van der Waals surface area contributed by atoms with E-state index in [9.17, 15) is 43.2 Å². The first kappa shape index (κ1) is 91.1. The van der Waals surface area contributed by atoms with E-state index in [-0.39, 0.29) is 25.7 Å². The summed E-state index contributed by atoms with van der Waals surface area (Å²) < 4.78 is 68.4. The van der Waals surface area contributed by atoms with Crippen LogP contribution in [-0.2, 0) is 65.4 Å². The summed E-state index contributed by atoms with van der Waals surface area (Å²) in [6.07, 6.45) is 55.5. The van der Waals surface area contributed by atoms with Crippen LogP contribution in [0.5, 0.6) is 0 Å². The minimum absolute atomic E-state index is 0.106. The Morgan fingerprint density at radius 3 is 0.763 bits per heavy atom. The van der Waals surface area contributed by atoms with E-state index in [1.807, 2.05) is 0 Å². The number of aliphatic hydroxyl groups is 1. The van der Waals surface area contributed by atoms with Crippen LogP contribution in [0.3, 0.4) is 0 Å².